The van der Waals surface area contributed by atoms with Gasteiger partial charge in [-0.15, -0.1) is 0 Å². The van der Waals surface area contributed by atoms with E-state index in [1.54, 1.807) is 12.3 Å². The Morgan fingerprint density at radius 1 is 1.27 bits per heavy atom. The molecule has 2 aromatic carbocycles. The van der Waals surface area contributed by atoms with Crippen molar-refractivity contribution in [2.24, 2.45) is 4.40 Å². The summed E-state index contributed by atoms with van der Waals surface area (Å²) in [6.07, 6.45) is 1.75. The van der Waals surface area contributed by atoms with Crippen molar-refractivity contribution in [2.45, 2.75) is 4.90 Å². The third-order valence-electron chi connectivity index (χ3n) is 3.26. The molecule has 1 aliphatic heterocycles. The molecule has 0 bridgehead atoms. The Kier molecular flexibility index (Phi) is 3.09. The maximum atomic E-state index is 10.0. The highest BCUT2D eigenvalue weighted by Gasteiger charge is 2.18. The number of nitrogens with one attached hydrogen (secondary N) is 3. The average molecular weight is 332 g/mol. The lowest BCUT2D eigenvalue weighted by Crippen LogP contribution is -2.23. The first-order valence-corrected chi connectivity index (χ1v) is 7.59. The Labute approximate surface area is 134 Å². The van der Waals surface area contributed by atoms with Gasteiger partial charge in [0, 0.05) is 28.4 Å². The summed E-state index contributed by atoms with van der Waals surface area (Å²) in [5, 5.41) is 24.7. The molecule has 0 radical (unpaired) electrons. The second-order valence-electron chi connectivity index (χ2n) is 4.72. The van der Waals surface area contributed by atoms with Crippen molar-refractivity contribution in [3.05, 3.63) is 41.6 Å². The van der Waals surface area contributed by atoms with E-state index >= 15 is 0 Å². The number of aromatic nitrogens is 2. The molecule has 0 aliphatic carbocycles. The summed E-state index contributed by atoms with van der Waals surface area (Å²) in [6.45, 7) is 0. The van der Waals surface area contributed by atoms with Crippen LogP contribution in [0.2, 0.25) is 5.02 Å². The monoisotopic (exact) mass is 331 g/mol. The molecule has 0 unspecified atom stereocenters. The standard InChI is InChI=1S/C14H10ClN5OS/c15-7-4-11(21)13-12(5-7)22-20-14(18-13)17-9-2-1-3-10-8(9)6-16-19-10/h1-6,21H,(H,16,19)(H2,17,18,20). The van der Waals surface area contributed by atoms with Crippen molar-refractivity contribution in [1.82, 2.24) is 10.2 Å². The van der Waals surface area contributed by atoms with E-state index in [0.29, 0.717) is 16.7 Å². The van der Waals surface area contributed by atoms with Crippen LogP contribution >= 0.6 is 23.5 Å². The highest BCUT2D eigenvalue weighted by atomic mass is 35.5. The van der Waals surface area contributed by atoms with Gasteiger partial charge in [0.25, 0.3) is 0 Å². The number of hydrogen-bond donors (Lipinski definition) is 4. The number of phenols is 1. The first-order chi connectivity index (χ1) is 10.7. The molecule has 0 amide bonds. The van der Waals surface area contributed by atoms with Crippen molar-refractivity contribution in [3.63, 3.8) is 0 Å². The molecular weight excluding hydrogens is 322 g/mol. The summed E-state index contributed by atoms with van der Waals surface area (Å²) in [7, 11) is 0. The molecule has 1 aromatic heterocycles. The van der Waals surface area contributed by atoms with Gasteiger partial charge in [0.1, 0.15) is 5.75 Å². The van der Waals surface area contributed by atoms with Crippen molar-refractivity contribution in [2.75, 3.05) is 10.6 Å². The number of halogens is 1. The number of aromatic amines is 1. The Bertz CT molecular complexity index is 907. The number of fused-ring (bicyclic) bond motifs is 2. The predicted molar refractivity (Wildman–Crippen MR) is 89.7 cm³/mol. The topological polar surface area (TPSA) is 85.3 Å². The highest BCUT2D eigenvalue weighted by molar-refractivity contribution is 7.98. The number of guanidine groups is 1. The normalized spacial score (nSPS) is 13.4. The van der Waals surface area contributed by atoms with Gasteiger partial charge >= 0.3 is 0 Å². The van der Waals surface area contributed by atoms with Gasteiger partial charge in [-0.2, -0.15) is 9.50 Å². The Balaban J connectivity index is 1.65. The molecule has 22 heavy (non-hydrogen) atoms. The Morgan fingerprint density at radius 2 is 2.18 bits per heavy atom. The fourth-order valence-corrected chi connectivity index (χ4v) is 3.25. The van der Waals surface area contributed by atoms with E-state index in [0.717, 1.165) is 21.5 Å². The van der Waals surface area contributed by atoms with Crippen LogP contribution in [0.1, 0.15) is 0 Å². The zero-order valence-corrected chi connectivity index (χ0v) is 12.7. The molecule has 8 heteroatoms. The lowest BCUT2D eigenvalue weighted by molar-refractivity contribution is 0.476. The zero-order valence-electron chi connectivity index (χ0n) is 11.1. The minimum Gasteiger partial charge on any atom is -0.506 e. The second kappa shape index (κ2) is 5.11. The molecule has 0 atom stereocenters. The summed E-state index contributed by atoms with van der Waals surface area (Å²) in [6, 6.07) is 9.05. The van der Waals surface area contributed by atoms with E-state index in [1.165, 1.54) is 18.0 Å². The van der Waals surface area contributed by atoms with Crippen molar-refractivity contribution < 1.29 is 5.11 Å². The van der Waals surface area contributed by atoms with Crippen LogP contribution in [-0.4, -0.2) is 21.3 Å². The number of anilines is 2. The molecule has 0 saturated carbocycles. The molecule has 0 fully saturated rings. The van der Waals surface area contributed by atoms with Gasteiger partial charge in [-0.05, 0) is 18.2 Å². The summed E-state index contributed by atoms with van der Waals surface area (Å²) < 4.78 is 4.35. The summed E-state index contributed by atoms with van der Waals surface area (Å²) in [5.41, 5.74) is 2.39. The van der Waals surface area contributed by atoms with Crippen LogP contribution in [-0.2, 0) is 0 Å². The molecule has 0 saturated heterocycles. The number of phenolic OH excluding ortho intramolecular Hbond substituents is 1. The van der Waals surface area contributed by atoms with Crippen LogP contribution in [0.3, 0.4) is 0 Å². The highest BCUT2D eigenvalue weighted by Crippen LogP contribution is 2.40. The molecule has 0 spiro atoms. The number of benzene rings is 2. The van der Waals surface area contributed by atoms with Crippen LogP contribution in [0.15, 0.2) is 45.8 Å². The van der Waals surface area contributed by atoms with Crippen molar-refractivity contribution in [1.29, 1.82) is 0 Å². The van der Waals surface area contributed by atoms with E-state index < -0.39 is 0 Å². The van der Waals surface area contributed by atoms with E-state index in [9.17, 15) is 5.11 Å². The maximum absolute atomic E-state index is 10.0. The molecule has 110 valence electrons. The quantitative estimate of drug-likeness (QED) is 0.402. The predicted octanol–water partition coefficient (Wildman–Crippen LogP) is 3.82. The number of nitrogens with zero attached hydrogens (tertiary/aromatic N) is 2. The summed E-state index contributed by atoms with van der Waals surface area (Å²) >= 11 is 7.17. The van der Waals surface area contributed by atoms with Gasteiger partial charge < -0.3 is 15.7 Å². The van der Waals surface area contributed by atoms with Crippen molar-refractivity contribution >= 4 is 51.8 Å². The molecule has 4 rings (SSSR count). The van der Waals surface area contributed by atoms with E-state index in [4.69, 9.17) is 11.6 Å². The van der Waals surface area contributed by atoms with Gasteiger partial charge in [0.05, 0.1) is 28.0 Å². The minimum absolute atomic E-state index is 0.0886. The fourth-order valence-electron chi connectivity index (χ4n) is 2.26. The van der Waals surface area contributed by atoms with Crippen LogP contribution < -0.4 is 10.6 Å². The molecular formula is C14H10ClN5OS. The second-order valence-corrected chi connectivity index (χ2v) is 5.96. The first-order valence-electron chi connectivity index (χ1n) is 6.44. The van der Waals surface area contributed by atoms with Gasteiger partial charge in [-0.1, -0.05) is 17.7 Å². The molecule has 4 N–H and O–H groups in total. The lowest BCUT2D eigenvalue weighted by atomic mass is 10.2. The Morgan fingerprint density at radius 3 is 3.09 bits per heavy atom. The number of H-pyrrole nitrogens is 1. The third kappa shape index (κ3) is 2.24. The zero-order chi connectivity index (χ0) is 15.1. The van der Waals surface area contributed by atoms with Crippen LogP contribution in [0.25, 0.3) is 10.9 Å². The number of rotatable bonds is 1. The lowest BCUT2D eigenvalue weighted by Gasteiger charge is -2.19. The van der Waals surface area contributed by atoms with Gasteiger partial charge in [0.15, 0.2) is 0 Å². The smallest absolute Gasteiger partial charge is 0.212 e. The largest absolute Gasteiger partial charge is 0.506 e. The molecule has 1 aliphatic rings. The first kappa shape index (κ1) is 13.3. The van der Waals surface area contributed by atoms with Crippen molar-refractivity contribution in [3.8, 4) is 5.75 Å². The Hall–Kier alpha value is -2.38. The summed E-state index contributed by atoms with van der Waals surface area (Å²) in [5.74, 6) is 0.620. The molecule has 2 heterocycles. The van der Waals surface area contributed by atoms with Gasteiger partial charge in [-0.3, -0.25) is 5.10 Å². The number of aromatic hydroxyl groups is 1. The average Bonchev–Trinajstić information content (AvgIpc) is 2.97. The molecule has 3 aromatic rings. The van der Waals surface area contributed by atoms with E-state index in [1.807, 2.05) is 18.2 Å². The minimum atomic E-state index is 0.0886. The van der Waals surface area contributed by atoms with Crippen LogP contribution in [0, 0.1) is 0 Å². The fraction of sp³-hybridized carbons (Fsp3) is 0. The number of hydrogen-bond acceptors (Lipinski definition) is 6. The summed E-state index contributed by atoms with van der Waals surface area (Å²) in [4.78, 5) is 0.775. The van der Waals surface area contributed by atoms with E-state index in [2.05, 4.69) is 25.2 Å². The third-order valence-corrected chi connectivity index (χ3v) is 4.27. The SMILES string of the molecule is Oc1cc(Cl)cc2c1NC(Nc1cccc3[nH]ncc13)=NS2. The van der Waals surface area contributed by atoms with Gasteiger partial charge in [0.2, 0.25) is 5.96 Å². The van der Waals surface area contributed by atoms with Crippen LogP contribution in [0.4, 0.5) is 11.4 Å². The maximum Gasteiger partial charge on any atom is 0.212 e. The van der Waals surface area contributed by atoms with E-state index in [-0.39, 0.29) is 5.75 Å². The van der Waals surface area contributed by atoms with Crippen LogP contribution in [0.5, 0.6) is 5.75 Å². The van der Waals surface area contributed by atoms with Gasteiger partial charge in [-0.25, -0.2) is 0 Å². The molecule has 6 nitrogen and oxygen atoms in total.